The maximum absolute atomic E-state index is 13.4. The van der Waals surface area contributed by atoms with Crippen LogP contribution in [-0.4, -0.2) is 21.5 Å². The van der Waals surface area contributed by atoms with Crippen molar-refractivity contribution in [3.8, 4) is 17.2 Å². The zero-order chi connectivity index (χ0) is 24.7. The summed E-state index contributed by atoms with van der Waals surface area (Å²) >= 11 is 0. The Balaban J connectivity index is 1.30. The number of aromatic nitrogens is 3. The number of nitrogens with zero attached hydrogens (tertiary/aromatic N) is 3. The molecule has 36 heavy (non-hydrogen) atoms. The minimum absolute atomic E-state index is 0.275. The molecule has 3 heterocycles. The molecular formula is C28H26FN5O2. The van der Waals surface area contributed by atoms with E-state index in [9.17, 15) is 4.39 Å². The maximum atomic E-state index is 13.4. The number of hydrogen-bond acceptors (Lipinski definition) is 7. The average molecular weight is 484 g/mol. The molecule has 0 unspecified atom stereocenters. The Bertz CT molecular complexity index is 1450. The zero-order valence-electron chi connectivity index (χ0n) is 19.9. The van der Waals surface area contributed by atoms with Gasteiger partial charge in [0.25, 0.3) is 0 Å². The Morgan fingerprint density at radius 1 is 0.972 bits per heavy atom. The maximum Gasteiger partial charge on any atom is 0.152 e. The molecule has 2 N–H and O–H groups in total. The fourth-order valence-corrected chi connectivity index (χ4v) is 3.76. The van der Waals surface area contributed by atoms with E-state index in [4.69, 9.17) is 9.15 Å². The largest absolute Gasteiger partial charge is 0.489 e. The first kappa shape index (κ1) is 23.4. The van der Waals surface area contributed by atoms with Gasteiger partial charge in [0.1, 0.15) is 41.8 Å². The van der Waals surface area contributed by atoms with Gasteiger partial charge in [-0.25, -0.2) is 14.4 Å². The topological polar surface area (TPSA) is 85.1 Å². The molecule has 0 saturated heterocycles. The Kier molecular flexibility index (Phi) is 7.14. The summed E-state index contributed by atoms with van der Waals surface area (Å²) in [5.74, 6) is 2.63. The summed E-state index contributed by atoms with van der Waals surface area (Å²) in [7, 11) is 0. The quantitative estimate of drug-likeness (QED) is 0.227. The third-order valence-electron chi connectivity index (χ3n) is 5.57. The highest BCUT2D eigenvalue weighted by Crippen LogP contribution is 2.28. The van der Waals surface area contributed by atoms with Gasteiger partial charge in [0, 0.05) is 11.1 Å². The van der Waals surface area contributed by atoms with E-state index in [0.29, 0.717) is 36.2 Å². The van der Waals surface area contributed by atoms with Gasteiger partial charge >= 0.3 is 0 Å². The van der Waals surface area contributed by atoms with Gasteiger partial charge in [-0.2, -0.15) is 0 Å². The molecule has 2 aromatic carbocycles. The summed E-state index contributed by atoms with van der Waals surface area (Å²) in [6.07, 6.45) is 4.30. The first-order valence-corrected chi connectivity index (χ1v) is 11.8. The molecule has 0 saturated carbocycles. The van der Waals surface area contributed by atoms with Crippen LogP contribution in [0.3, 0.4) is 0 Å². The van der Waals surface area contributed by atoms with Gasteiger partial charge < -0.3 is 19.8 Å². The van der Waals surface area contributed by atoms with Crippen LogP contribution in [0.1, 0.15) is 24.7 Å². The number of hydrogen-bond donors (Lipinski definition) is 2. The van der Waals surface area contributed by atoms with Gasteiger partial charge in [0.05, 0.1) is 18.3 Å². The predicted octanol–water partition coefficient (Wildman–Crippen LogP) is 6.25. The minimum atomic E-state index is -0.275. The number of furan rings is 1. The lowest BCUT2D eigenvalue weighted by Gasteiger charge is -2.10. The highest BCUT2D eigenvalue weighted by molar-refractivity contribution is 5.92. The van der Waals surface area contributed by atoms with Crippen molar-refractivity contribution >= 4 is 22.4 Å². The third kappa shape index (κ3) is 5.67. The number of fused-ring (bicyclic) bond motifs is 1. The number of halogens is 1. The number of anilines is 2. The summed E-state index contributed by atoms with van der Waals surface area (Å²) in [4.78, 5) is 13.3. The van der Waals surface area contributed by atoms with Crippen LogP contribution in [0.4, 0.5) is 15.9 Å². The molecule has 0 atom stereocenters. The predicted molar refractivity (Wildman–Crippen MR) is 137 cm³/mol. The molecular weight excluding hydrogens is 457 g/mol. The van der Waals surface area contributed by atoms with E-state index in [1.165, 1.54) is 18.5 Å². The molecule has 0 radical (unpaired) electrons. The highest BCUT2D eigenvalue weighted by atomic mass is 19.1. The smallest absolute Gasteiger partial charge is 0.152 e. The monoisotopic (exact) mass is 483 g/mol. The van der Waals surface area contributed by atoms with Crippen molar-refractivity contribution in [2.75, 3.05) is 11.9 Å². The lowest BCUT2D eigenvalue weighted by atomic mass is 10.2. The Labute approximate surface area is 208 Å². The normalized spacial score (nSPS) is 11.1. The number of rotatable bonds is 10. The van der Waals surface area contributed by atoms with Crippen LogP contribution in [-0.2, 0) is 13.2 Å². The first-order chi connectivity index (χ1) is 17.7. The lowest BCUT2D eigenvalue weighted by Crippen LogP contribution is -2.12. The van der Waals surface area contributed by atoms with Crippen LogP contribution >= 0.6 is 0 Å². The van der Waals surface area contributed by atoms with E-state index in [1.54, 1.807) is 12.3 Å². The van der Waals surface area contributed by atoms with Gasteiger partial charge in [-0.1, -0.05) is 19.1 Å². The number of benzene rings is 2. The molecule has 3 aromatic heterocycles. The summed E-state index contributed by atoms with van der Waals surface area (Å²) in [5.41, 5.74) is 3.05. The Morgan fingerprint density at radius 3 is 2.69 bits per heavy atom. The summed E-state index contributed by atoms with van der Waals surface area (Å²) in [5, 5.41) is 7.51. The second kappa shape index (κ2) is 11.0. The lowest BCUT2D eigenvalue weighted by molar-refractivity contribution is 0.305. The number of nitrogens with one attached hydrogen (secondary N) is 2. The standard InChI is InChI=1S/C28H26FN5O2/c1-2-12-30-15-23-10-11-27(36-23)25-14-24-26(16-31-25)32-18-33-28(24)34-21-6-8-22(9-7-21)35-17-19-4-3-5-20(29)13-19/h3-11,13-14,16,18,30H,2,12,15,17H2,1H3,(H,32,33,34). The fourth-order valence-electron chi connectivity index (χ4n) is 3.76. The molecule has 0 spiro atoms. The van der Waals surface area contributed by atoms with Crippen molar-refractivity contribution in [1.29, 1.82) is 0 Å². The van der Waals surface area contributed by atoms with Gasteiger partial charge in [0.15, 0.2) is 5.76 Å². The van der Waals surface area contributed by atoms with Gasteiger partial charge in [-0.3, -0.25) is 4.98 Å². The van der Waals surface area contributed by atoms with Crippen LogP contribution in [0, 0.1) is 5.82 Å². The fraction of sp³-hybridized carbons (Fsp3) is 0.179. The molecule has 0 aliphatic carbocycles. The third-order valence-corrected chi connectivity index (χ3v) is 5.57. The molecule has 182 valence electrons. The van der Waals surface area contributed by atoms with E-state index in [1.807, 2.05) is 48.5 Å². The van der Waals surface area contributed by atoms with E-state index in [2.05, 4.69) is 32.5 Å². The number of pyridine rings is 1. The van der Waals surface area contributed by atoms with Crippen LogP contribution in [0.2, 0.25) is 0 Å². The summed E-state index contributed by atoms with van der Waals surface area (Å²) in [6.45, 7) is 4.04. The van der Waals surface area contributed by atoms with Gasteiger partial charge in [0.2, 0.25) is 0 Å². The summed E-state index contributed by atoms with van der Waals surface area (Å²) in [6, 6.07) is 19.7. The van der Waals surface area contributed by atoms with Crippen LogP contribution < -0.4 is 15.4 Å². The van der Waals surface area contributed by atoms with Crippen molar-refractivity contribution in [2.45, 2.75) is 26.5 Å². The zero-order valence-corrected chi connectivity index (χ0v) is 19.9. The Morgan fingerprint density at radius 2 is 1.86 bits per heavy atom. The molecule has 0 aliphatic rings. The second-order valence-corrected chi connectivity index (χ2v) is 8.32. The van der Waals surface area contributed by atoms with Crippen molar-refractivity contribution in [3.63, 3.8) is 0 Å². The molecule has 5 aromatic rings. The van der Waals surface area contributed by atoms with Crippen molar-refractivity contribution in [2.24, 2.45) is 0 Å². The molecule has 0 amide bonds. The van der Waals surface area contributed by atoms with Gasteiger partial charge in [-0.05, 0) is 73.1 Å². The molecule has 5 rings (SSSR count). The van der Waals surface area contributed by atoms with Gasteiger partial charge in [-0.15, -0.1) is 0 Å². The highest BCUT2D eigenvalue weighted by Gasteiger charge is 2.11. The van der Waals surface area contributed by atoms with Crippen molar-refractivity contribution in [1.82, 2.24) is 20.3 Å². The SMILES string of the molecule is CCCNCc1ccc(-c2cc3c(Nc4ccc(OCc5cccc(F)c5)cc4)ncnc3cn2)o1. The second-order valence-electron chi connectivity index (χ2n) is 8.32. The van der Waals surface area contributed by atoms with E-state index in [-0.39, 0.29) is 5.82 Å². The molecule has 0 fully saturated rings. The first-order valence-electron chi connectivity index (χ1n) is 11.8. The van der Waals surface area contributed by atoms with Crippen molar-refractivity contribution < 1.29 is 13.5 Å². The van der Waals surface area contributed by atoms with E-state index < -0.39 is 0 Å². The van der Waals surface area contributed by atoms with E-state index >= 15 is 0 Å². The molecule has 0 bridgehead atoms. The molecule has 0 aliphatic heterocycles. The average Bonchev–Trinajstić information content (AvgIpc) is 3.37. The van der Waals surface area contributed by atoms with Crippen molar-refractivity contribution in [3.05, 3.63) is 96.4 Å². The Hall–Kier alpha value is -4.30. The minimum Gasteiger partial charge on any atom is -0.489 e. The summed E-state index contributed by atoms with van der Waals surface area (Å²) < 4.78 is 25.1. The molecule has 8 heteroatoms. The van der Waals surface area contributed by atoms with Crippen LogP contribution in [0.5, 0.6) is 5.75 Å². The van der Waals surface area contributed by atoms with Crippen LogP contribution in [0.15, 0.2) is 83.7 Å². The molecule has 7 nitrogen and oxygen atoms in total. The van der Waals surface area contributed by atoms with E-state index in [0.717, 1.165) is 40.9 Å². The number of ether oxygens (including phenoxy) is 1. The van der Waals surface area contributed by atoms with Crippen LogP contribution in [0.25, 0.3) is 22.4 Å².